The van der Waals surface area contributed by atoms with E-state index < -0.39 is 0 Å². The summed E-state index contributed by atoms with van der Waals surface area (Å²) < 4.78 is 29.4. The van der Waals surface area contributed by atoms with Crippen molar-refractivity contribution in [3.05, 3.63) is 71.8 Å². The number of hydrogen-bond acceptors (Lipinski definition) is 12. The number of rotatable bonds is 3. The summed E-state index contributed by atoms with van der Waals surface area (Å²) in [6.45, 7) is 20.5. The summed E-state index contributed by atoms with van der Waals surface area (Å²) in [7, 11) is 0. The molecule has 0 atom stereocenters. The van der Waals surface area contributed by atoms with Gasteiger partial charge in [-0.3, -0.25) is 4.98 Å². The van der Waals surface area contributed by atoms with Crippen LogP contribution in [0, 0.1) is 26.6 Å². The first-order chi connectivity index (χ1) is 22.3. The largest absolute Gasteiger partial charge is 0.303 e. The van der Waals surface area contributed by atoms with Gasteiger partial charge in [-0.2, -0.15) is 0 Å². The molecule has 3 aliphatic heterocycles. The fraction of sp³-hybridized carbons (Fsp3) is 0.545. The maximum Gasteiger partial charge on any atom is 0.128 e. The molecule has 46 heavy (non-hydrogen) atoms. The molecule has 2 aromatic heterocycles. The number of aromatic nitrogens is 3. The lowest BCUT2D eigenvalue weighted by atomic mass is 10.2. The second-order valence-electron chi connectivity index (χ2n) is 10.8. The van der Waals surface area contributed by atoms with Gasteiger partial charge < -0.3 is 12.9 Å². The third-order valence-electron chi connectivity index (χ3n) is 6.13. The highest BCUT2D eigenvalue weighted by atomic mass is 32.2. The van der Waals surface area contributed by atoms with Crippen LogP contribution in [0.1, 0.15) is 76.9 Å². The molecule has 0 spiro atoms. The summed E-state index contributed by atoms with van der Waals surface area (Å²) in [6.07, 6.45) is 11.6. The van der Waals surface area contributed by atoms with Crippen LogP contribution in [0.3, 0.4) is 0 Å². The molecule has 0 amide bonds. The Morgan fingerprint density at radius 3 is 1.48 bits per heavy atom. The molecule has 5 heterocycles. The third-order valence-corrected chi connectivity index (χ3v) is 8.97. The fourth-order valence-electron chi connectivity index (χ4n) is 3.80. The molecule has 0 bridgehead atoms. The number of nitrogens with zero attached hydrogens (tertiary/aromatic N) is 6. The third kappa shape index (κ3) is 15.5. The highest BCUT2D eigenvalue weighted by molar-refractivity contribution is 7.99. The van der Waals surface area contributed by atoms with Gasteiger partial charge in [0, 0.05) is 81.4 Å². The number of halogens is 1. The van der Waals surface area contributed by atoms with Gasteiger partial charge >= 0.3 is 0 Å². The van der Waals surface area contributed by atoms with Crippen molar-refractivity contribution in [2.24, 2.45) is 0 Å². The summed E-state index contributed by atoms with van der Waals surface area (Å²) >= 11 is 4.84. The summed E-state index contributed by atoms with van der Waals surface area (Å²) in [5.41, 5.74) is 4.96. The van der Waals surface area contributed by atoms with E-state index in [2.05, 4.69) is 75.8 Å². The number of nitrogens with one attached hydrogen (secondary N) is 3. The highest BCUT2D eigenvalue weighted by Gasteiger charge is 2.14. The maximum absolute atomic E-state index is 13.3. The van der Waals surface area contributed by atoms with E-state index in [0.717, 1.165) is 68.6 Å². The van der Waals surface area contributed by atoms with Crippen LogP contribution >= 0.6 is 36.4 Å². The maximum atomic E-state index is 13.3. The second kappa shape index (κ2) is 23.9. The van der Waals surface area contributed by atoms with Crippen LogP contribution in [0.2, 0.25) is 0 Å². The van der Waals surface area contributed by atoms with Gasteiger partial charge in [0.15, 0.2) is 0 Å². The Bertz CT molecular complexity index is 1130. The molecule has 3 aromatic rings. The summed E-state index contributed by atoms with van der Waals surface area (Å²) in [4.78, 5) is 12.6. The molecule has 256 valence electrons. The average Bonchev–Trinajstić information content (AvgIpc) is 3.09. The van der Waals surface area contributed by atoms with E-state index >= 15 is 0 Å². The molecule has 0 aliphatic carbocycles. The van der Waals surface area contributed by atoms with Crippen molar-refractivity contribution in [2.75, 3.05) is 52.2 Å². The van der Waals surface area contributed by atoms with E-state index in [9.17, 15) is 4.39 Å². The molecule has 9 nitrogen and oxygen atoms in total. The molecule has 3 fully saturated rings. The van der Waals surface area contributed by atoms with Crippen molar-refractivity contribution in [1.82, 2.24) is 29.1 Å². The van der Waals surface area contributed by atoms with E-state index in [1.807, 2.05) is 50.6 Å². The van der Waals surface area contributed by atoms with Gasteiger partial charge in [0.25, 0.3) is 0 Å². The van der Waals surface area contributed by atoms with Crippen LogP contribution < -0.4 is 27.1 Å². The molecule has 0 saturated carbocycles. The Hall–Kier alpha value is -2.29. The Kier molecular flexibility index (Phi) is 20.8. The van der Waals surface area contributed by atoms with Gasteiger partial charge in [-0.1, -0.05) is 46.6 Å². The zero-order chi connectivity index (χ0) is 33.6. The van der Waals surface area contributed by atoms with Crippen molar-refractivity contribution in [1.29, 1.82) is 0 Å². The SMILES string of the molecule is CCC.CCC.Cc1ccc(N2CCCNS2)cc1F.Cc1ccc(N2CCCNS2)cn1.Cc1ncc(N2CCCNS2)cn1. The van der Waals surface area contributed by atoms with Gasteiger partial charge in [0.05, 0.1) is 35.7 Å². The predicted octanol–water partition coefficient (Wildman–Crippen LogP) is 8.23. The van der Waals surface area contributed by atoms with Gasteiger partial charge in [0.1, 0.15) is 11.6 Å². The topological polar surface area (TPSA) is 84.5 Å². The number of aryl methyl sites for hydroxylation is 3. The van der Waals surface area contributed by atoms with Gasteiger partial charge in [0.2, 0.25) is 0 Å². The lowest BCUT2D eigenvalue weighted by Crippen LogP contribution is -2.29. The molecule has 1 aromatic carbocycles. The number of benzene rings is 1. The minimum atomic E-state index is -0.131. The smallest absolute Gasteiger partial charge is 0.128 e. The molecule has 6 rings (SSSR count). The molecular formula is C33H54FN9S3. The first kappa shape index (κ1) is 39.9. The van der Waals surface area contributed by atoms with Crippen LogP contribution in [-0.2, 0) is 0 Å². The van der Waals surface area contributed by atoms with Crippen molar-refractivity contribution < 1.29 is 4.39 Å². The first-order valence-corrected chi connectivity index (χ1v) is 18.6. The fourth-order valence-corrected chi connectivity index (χ4v) is 6.26. The van der Waals surface area contributed by atoms with E-state index in [1.54, 1.807) is 49.4 Å². The molecule has 3 N–H and O–H groups in total. The summed E-state index contributed by atoms with van der Waals surface area (Å²) in [6, 6.07) is 9.53. The zero-order valence-corrected chi connectivity index (χ0v) is 31.1. The zero-order valence-electron chi connectivity index (χ0n) is 28.7. The van der Waals surface area contributed by atoms with Crippen LogP contribution in [0.25, 0.3) is 0 Å². The van der Waals surface area contributed by atoms with E-state index in [-0.39, 0.29) is 5.82 Å². The van der Waals surface area contributed by atoms with Crippen LogP contribution in [0.4, 0.5) is 21.5 Å². The quantitative estimate of drug-likeness (QED) is 0.232. The molecule has 3 saturated heterocycles. The Morgan fingerprint density at radius 2 is 1.07 bits per heavy atom. The minimum absolute atomic E-state index is 0.131. The lowest BCUT2D eigenvalue weighted by Gasteiger charge is -2.27. The van der Waals surface area contributed by atoms with Crippen LogP contribution in [0.5, 0.6) is 0 Å². The molecule has 0 radical (unpaired) electrons. The van der Waals surface area contributed by atoms with Crippen molar-refractivity contribution in [3.63, 3.8) is 0 Å². The van der Waals surface area contributed by atoms with E-state index in [1.165, 1.54) is 31.4 Å². The normalized spacial score (nSPS) is 15.9. The second-order valence-corrected chi connectivity index (χ2v) is 13.6. The van der Waals surface area contributed by atoms with E-state index in [0.29, 0.717) is 5.56 Å². The predicted molar refractivity (Wildman–Crippen MR) is 201 cm³/mol. The highest BCUT2D eigenvalue weighted by Crippen LogP contribution is 2.25. The minimum Gasteiger partial charge on any atom is -0.303 e. The molecule has 0 unspecified atom stereocenters. The van der Waals surface area contributed by atoms with Crippen LogP contribution in [-0.4, -0.2) is 54.2 Å². The van der Waals surface area contributed by atoms with Gasteiger partial charge in [-0.05, 0) is 69.9 Å². The number of hydrogen-bond donors (Lipinski definition) is 3. The lowest BCUT2D eigenvalue weighted by molar-refractivity contribution is 0.618. The molecular weight excluding hydrogens is 638 g/mol. The molecule has 13 heteroatoms. The standard InChI is InChI=1S/C10H13FN2S.C9H13N3S.C8H12N4S.2C3H8/c1-8-3-4-9(7-10(8)11)13-6-2-5-12-14-13;1-8-3-4-9(7-10-8)12-6-2-5-11-13-12;1-7-9-5-8(6-10-7)12-4-2-3-11-13-12;2*1-3-2/h3-4,7,12H,2,5-6H2,1H3;3-4,7,11H,2,5-6H2,1H3;5-6,11H,2-4H2,1H3;2*3H2,1-2H3. The van der Waals surface area contributed by atoms with Gasteiger partial charge in [-0.25, -0.2) is 28.5 Å². The van der Waals surface area contributed by atoms with Gasteiger partial charge in [-0.15, -0.1) is 0 Å². The van der Waals surface area contributed by atoms with Crippen molar-refractivity contribution in [3.8, 4) is 0 Å². The first-order valence-electron chi connectivity index (χ1n) is 16.3. The summed E-state index contributed by atoms with van der Waals surface area (Å²) in [5, 5.41) is 0. The number of anilines is 3. The van der Waals surface area contributed by atoms with E-state index in [4.69, 9.17) is 0 Å². The Labute approximate surface area is 290 Å². The Morgan fingerprint density at radius 1 is 0.630 bits per heavy atom. The van der Waals surface area contributed by atoms with Crippen molar-refractivity contribution >= 4 is 53.5 Å². The monoisotopic (exact) mass is 691 g/mol. The number of pyridine rings is 1. The van der Waals surface area contributed by atoms with Crippen LogP contribution in [0.15, 0.2) is 48.9 Å². The van der Waals surface area contributed by atoms with Crippen molar-refractivity contribution in [2.45, 2.75) is 80.6 Å². The average molecular weight is 692 g/mol. The summed E-state index contributed by atoms with van der Waals surface area (Å²) in [5.74, 6) is 0.687. The molecule has 3 aliphatic rings. The Balaban J connectivity index is 0.000000221.